The Labute approximate surface area is 114 Å². The van der Waals surface area contributed by atoms with Crippen LogP contribution in [-0.4, -0.2) is 23.1 Å². The summed E-state index contributed by atoms with van der Waals surface area (Å²) >= 11 is 0. The number of rotatable bonds is 3. The normalized spacial score (nSPS) is 23.9. The summed E-state index contributed by atoms with van der Waals surface area (Å²) in [7, 11) is 0. The van der Waals surface area contributed by atoms with Gasteiger partial charge in [-0.25, -0.2) is 4.98 Å². The summed E-state index contributed by atoms with van der Waals surface area (Å²) in [6.07, 6.45) is 4.69. The van der Waals surface area contributed by atoms with Gasteiger partial charge in [-0.1, -0.05) is 19.9 Å². The summed E-state index contributed by atoms with van der Waals surface area (Å²) in [6.45, 7) is 6.65. The van der Waals surface area contributed by atoms with Crippen LogP contribution in [0.2, 0.25) is 0 Å². The molecule has 102 valence electrons. The zero-order chi connectivity index (χ0) is 13.3. The van der Waals surface area contributed by atoms with Crippen molar-refractivity contribution in [2.75, 3.05) is 13.1 Å². The molecule has 1 unspecified atom stereocenters. The van der Waals surface area contributed by atoms with Crippen molar-refractivity contribution in [1.29, 1.82) is 0 Å². The monoisotopic (exact) mass is 257 g/mol. The van der Waals surface area contributed by atoms with Gasteiger partial charge in [0.2, 0.25) is 0 Å². The Bertz CT molecular complexity index is 564. The summed E-state index contributed by atoms with van der Waals surface area (Å²) in [5, 5.41) is 3.53. The van der Waals surface area contributed by atoms with Crippen molar-refractivity contribution in [2.24, 2.45) is 0 Å². The molecule has 0 bridgehead atoms. The maximum absolute atomic E-state index is 4.86. The minimum absolute atomic E-state index is 0.198. The van der Waals surface area contributed by atoms with Crippen molar-refractivity contribution in [2.45, 2.75) is 44.9 Å². The largest absolute Gasteiger partial charge is 0.341 e. The van der Waals surface area contributed by atoms with Crippen molar-refractivity contribution in [3.05, 3.63) is 29.6 Å². The number of nitrogens with one attached hydrogen (secondary N) is 2. The Morgan fingerprint density at radius 2 is 2.21 bits per heavy atom. The minimum atomic E-state index is 0.198. The fraction of sp³-hybridized carbons (Fsp3) is 0.562. The zero-order valence-corrected chi connectivity index (χ0v) is 11.9. The Morgan fingerprint density at radius 3 is 2.89 bits per heavy atom. The Morgan fingerprint density at radius 1 is 1.32 bits per heavy atom. The molecule has 1 aromatic carbocycles. The van der Waals surface area contributed by atoms with Gasteiger partial charge < -0.3 is 10.3 Å². The van der Waals surface area contributed by atoms with Gasteiger partial charge in [-0.3, -0.25) is 0 Å². The Kier molecular flexibility index (Phi) is 3.31. The van der Waals surface area contributed by atoms with Crippen LogP contribution in [0.4, 0.5) is 0 Å². The molecule has 1 atom stereocenters. The number of hydrogen-bond acceptors (Lipinski definition) is 2. The summed E-state index contributed by atoms with van der Waals surface area (Å²) < 4.78 is 0. The van der Waals surface area contributed by atoms with Gasteiger partial charge in [0.15, 0.2) is 0 Å². The van der Waals surface area contributed by atoms with Crippen LogP contribution in [0.25, 0.3) is 11.0 Å². The van der Waals surface area contributed by atoms with Gasteiger partial charge in [0, 0.05) is 12.0 Å². The third-order valence-corrected chi connectivity index (χ3v) is 4.61. The first kappa shape index (κ1) is 12.7. The van der Waals surface area contributed by atoms with E-state index in [9.17, 15) is 0 Å². The molecule has 19 heavy (non-hydrogen) atoms. The lowest BCUT2D eigenvalue weighted by atomic mass is 9.77. The first-order chi connectivity index (χ1) is 9.27. The van der Waals surface area contributed by atoms with Crippen LogP contribution < -0.4 is 5.32 Å². The molecule has 1 saturated heterocycles. The van der Waals surface area contributed by atoms with E-state index < -0.39 is 0 Å². The van der Waals surface area contributed by atoms with Crippen molar-refractivity contribution < 1.29 is 0 Å². The molecule has 1 aliphatic heterocycles. The van der Waals surface area contributed by atoms with Crippen LogP contribution in [0.5, 0.6) is 0 Å². The average molecular weight is 257 g/mol. The van der Waals surface area contributed by atoms with Gasteiger partial charge in [-0.2, -0.15) is 0 Å². The number of benzene rings is 1. The molecule has 0 radical (unpaired) electrons. The van der Waals surface area contributed by atoms with Gasteiger partial charge in [-0.15, -0.1) is 0 Å². The van der Waals surface area contributed by atoms with Crippen molar-refractivity contribution in [3.8, 4) is 0 Å². The van der Waals surface area contributed by atoms with E-state index in [0.717, 1.165) is 31.4 Å². The van der Waals surface area contributed by atoms with E-state index in [-0.39, 0.29) is 5.41 Å². The van der Waals surface area contributed by atoms with Gasteiger partial charge in [0.25, 0.3) is 0 Å². The Balaban J connectivity index is 2.03. The molecule has 2 aromatic rings. The molecule has 0 spiro atoms. The highest BCUT2D eigenvalue weighted by Gasteiger charge is 2.34. The number of piperidine rings is 1. The number of nitrogens with zero attached hydrogens (tertiary/aromatic N) is 1. The van der Waals surface area contributed by atoms with E-state index in [1.54, 1.807) is 0 Å². The molecule has 1 fully saturated rings. The number of aryl methyl sites for hydroxylation is 1. The number of hydrogen-bond donors (Lipinski definition) is 2. The van der Waals surface area contributed by atoms with E-state index in [4.69, 9.17) is 4.98 Å². The maximum atomic E-state index is 4.86. The van der Waals surface area contributed by atoms with Gasteiger partial charge in [-0.05, 0) is 49.9 Å². The van der Waals surface area contributed by atoms with Crippen LogP contribution >= 0.6 is 0 Å². The van der Waals surface area contributed by atoms with Crippen LogP contribution in [-0.2, 0) is 11.8 Å². The van der Waals surface area contributed by atoms with Crippen LogP contribution in [0.3, 0.4) is 0 Å². The highest BCUT2D eigenvalue weighted by molar-refractivity contribution is 5.76. The fourth-order valence-electron chi connectivity index (χ4n) is 3.17. The predicted octanol–water partition coefficient (Wildman–Crippen LogP) is 3.16. The SMILES string of the molecule is CCc1ccc2nc(C3(CC)CCCNC3)[nH]c2c1. The maximum Gasteiger partial charge on any atom is 0.114 e. The zero-order valence-electron chi connectivity index (χ0n) is 11.9. The third kappa shape index (κ3) is 2.16. The molecule has 3 nitrogen and oxygen atoms in total. The first-order valence-corrected chi connectivity index (χ1v) is 7.47. The lowest BCUT2D eigenvalue weighted by molar-refractivity contribution is 0.290. The summed E-state index contributed by atoms with van der Waals surface area (Å²) in [6, 6.07) is 6.57. The molecule has 2 heterocycles. The standard InChI is InChI=1S/C16H23N3/c1-3-12-6-7-13-14(10-12)19-15(18-13)16(4-2)8-5-9-17-11-16/h6-7,10,17H,3-5,8-9,11H2,1-2H3,(H,18,19). The van der Waals surface area contributed by atoms with Crippen LogP contribution in [0.1, 0.15) is 44.5 Å². The molecule has 0 saturated carbocycles. The van der Waals surface area contributed by atoms with Crippen molar-refractivity contribution in [1.82, 2.24) is 15.3 Å². The van der Waals surface area contributed by atoms with Crippen molar-refractivity contribution >= 4 is 11.0 Å². The second kappa shape index (κ2) is 4.97. The average Bonchev–Trinajstić information content (AvgIpc) is 2.91. The molecule has 0 amide bonds. The third-order valence-electron chi connectivity index (χ3n) is 4.61. The topological polar surface area (TPSA) is 40.7 Å². The smallest absolute Gasteiger partial charge is 0.114 e. The Hall–Kier alpha value is -1.35. The molecule has 1 aromatic heterocycles. The molecule has 3 heteroatoms. The van der Waals surface area contributed by atoms with Crippen LogP contribution in [0, 0.1) is 0 Å². The second-order valence-corrected chi connectivity index (χ2v) is 5.70. The predicted molar refractivity (Wildman–Crippen MR) is 79.5 cm³/mol. The van der Waals surface area contributed by atoms with Gasteiger partial charge in [0.1, 0.15) is 5.82 Å². The second-order valence-electron chi connectivity index (χ2n) is 5.70. The molecular formula is C16H23N3. The lowest BCUT2D eigenvalue weighted by Crippen LogP contribution is -2.43. The molecule has 0 aliphatic carbocycles. The summed E-state index contributed by atoms with van der Waals surface area (Å²) in [4.78, 5) is 8.44. The number of fused-ring (bicyclic) bond motifs is 1. The van der Waals surface area contributed by atoms with E-state index in [0.29, 0.717) is 0 Å². The molecular weight excluding hydrogens is 234 g/mol. The number of aromatic nitrogens is 2. The number of imidazole rings is 1. The quantitative estimate of drug-likeness (QED) is 0.886. The number of aromatic amines is 1. The van der Waals surface area contributed by atoms with E-state index >= 15 is 0 Å². The summed E-state index contributed by atoms with van der Waals surface area (Å²) in [5.41, 5.74) is 3.86. The molecule has 1 aliphatic rings. The highest BCUT2D eigenvalue weighted by Crippen LogP contribution is 2.33. The van der Waals surface area contributed by atoms with E-state index in [1.165, 1.54) is 29.7 Å². The molecule has 2 N–H and O–H groups in total. The van der Waals surface area contributed by atoms with Gasteiger partial charge in [0.05, 0.1) is 11.0 Å². The van der Waals surface area contributed by atoms with E-state index in [2.05, 4.69) is 42.3 Å². The van der Waals surface area contributed by atoms with Gasteiger partial charge >= 0.3 is 0 Å². The van der Waals surface area contributed by atoms with Crippen molar-refractivity contribution in [3.63, 3.8) is 0 Å². The first-order valence-electron chi connectivity index (χ1n) is 7.47. The fourth-order valence-corrected chi connectivity index (χ4v) is 3.17. The highest BCUT2D eigenvalue weighted by atomic mass is 15.0. The lowest BCUT2D eigenvalue weighted by Gasteiger charge is -2.35. The number of H-pyrrole nitrogens is 1. The minimum Gasteiger partial charge on any atom is -0.341 e. The summed E-state index contributed by atoms with van der Waals surface area (Å²) in [5.74, 6) is 1.17. The van der Waals surface area contributed by atoms with E-state index in [1.807, 2.05) is 0 Å². The molecule has 3 rings (SSSR count). The van der Waals surface area contributed by atoms with Crippen LogP contribution in [0.15, 0.2) is 18.2 Å².